The Morgan fingerprint density at radius 1 is 1.53 bits per heavy atom. The van der Waals surface area contributed by atoms with Crippen LogP contribution in [0.2, 0.25) is 0 Å². The van der Waals surface area contributed by atoms with E-state index in [2.05, 4.69) is 5.32 Å². The van der Waals surface area contributed by atoms with Gasteiger partial charge in [-0.25, -0.2) is 4.39 Å². The Kier molecular flexibility index (Phi) is 2.57. The predicted molar refractivity (Wildman–Crippen MR) is 58.2 cm³/mol. The highest BCUT2D eigenvalue weighted by Crippen LogP contribution is 2.34. The minimum Gasteiger partial charge on any atom is -0.347 e. The first-order chi connectivity index (χ1) is 7.91. The molecule has 0 atom stereocenters. The van der Waals surface area contributed by atoms with E-state index in [-0.39, 0.29) is 16.8 Å². The average Bonchev–Trinajstić information content (AvgIpc) is 2.96. The van der Waals surface area contributed by atoms with Gasteiger partial charge < -0.3 is 5.32 Å². The van der Waals surface area contributed by atoms with Crippen LogP contribution in [-0.2, 0) is 0 Å². The van der Waals surface area contributed by atoms with Gasteiger partial charge in [0.2, 0.25) is 0 Å². The normalized spacial score (nSPS) is 16.4. The summed E-state index contributed by atoms with van der Waals surface area (Å²) in [5.74, 6) is -1.36. The maximum Gasteiger partial charge on any atom is 0.270 e. The van der Waals surface area contributed by atoms with Gasteiger partial charge in [0.1, 0.15) is 5.82 Å². The summed E-state index contributed by atoms with van der Waals surface area (Å²) in [6, 6.07) is 2.92. The molecule has 5 nitrogen and oxygen atoms in total. The zero-order valence-corrected chi connectivity index (χ0v) is 9.20. The van der Waals surface area contributed by atoms with Crippen LogP contribution >= 0.6 is 0 Å². The third-order valence-corrected chi connectivity index (χ3v) is 2.82. The van der Waals surface area contributed by atoms with E-state index in [4.69, 9.17) is 0 Å². The van der Waals surface area contributed by atoms with Gasteiger partial charge in [-0.05, 0) is 25.8 Å². The Hall–Kier alpha value is -1.98. The number of halogens is 1. The molecule has 1 saturated carbocycles. The number of hydrogen-bond donors (Lipinski definition) is 1. The molecule has 0 saturated heterocycles. The summed E-state index contributed by atoms with van der Waals surface area (Å²) >= 11 is 0. The monoisotopic (exact) mass is 238 g/mol. The zero-order valence-electron chi connectivity index (χ0n) is 9.20. The van der Waals surface area contributed by atoms with E-state index in [0.29, 0.717) is 0 Å². The van der Waals surface area contributed by atoms with Gasteiger partial charge in [-0.15, -0.1) is 0 Å². The lowest BCUT2D eigenvalue weighted by Crippen LogP contribution is -2.34. The first-order valence-corrected chi connectivity index (χ1v) is 5.18. The summed E-state index contributed by atoms with van der Waals surface area (Å²) in [5, 5.41) is 13.2. The number of amides is 1. The minimum absolute atomic E-state index is 0.284. The van der Waals surface area contributed by atoms with Crippen molar-refractivity contribution in [1.29, 1.82) is 0 Å². The van der Waals surface area contributed by atoms with Crippen molar-refractivity contribution in [2.75, 3.05) is 0 Å². The number of nitro groups is 1. The zero-order chi connectivity index (χ0) is 12.6. The fourth-order valence-electron chi connectivity index (χ4n) is 1.45. The second-order valence-electron chi connectivity index (χ2n) is 4.44. The molecule has 0 unspecified atom stereocenters. The third-order valence-electron chi connectivity index (χ3n) is 2.82. The lowest BCUT2D eigenvalue weighted by molar-refractivity contribution is -0.384. The van der Waals surface area contributed by atoms with Crippen molar-refractivity contribution in [2.24, 2.45) is 0 Å². The van der Waals surface area contributed by atoms with Crippen LogP contribution in [0.3, 0.4) is 0 Å². The molecule has 0 bridgehead atoms. The highest BCUT2D eigenvalue weighted by Gasteiger charge is 2.39. The van der Waals surface area contributed by atoms with Crippen LogP contribution in [0.25, 0.3) is 0 Å². The maximum atomic E-state index is 13.4. The van der Waals surface area contributed by atoms with Gasteiger partial charge in [-0.1, -0.05) is 0 Å². The van der Waals surface area contributed by atoms with Crippen molar-refractivity contribution < 1.29 is 14.1 Å². The molecule has 6 heteroatoms. The molecule has 0 radical (unpaired) electrons. The molecule has 2 rings (SSSR count). The first kappa shape index (κ1) is 11.5. The number of benzene rings is 1. The minimum atomic E-state index is -0.752. The summed E-state index contributed by atoms with van der Waals surface area (Å²) < 4.78 is 13.4. The number of carbonyl (C=O) groups excluding carboxylic acids is 1. The van der Waals surface area contributed by atoms with E-state index >= 15 is 0 Å². The SMILES string of the molecule is CC1(NC(=O)c2cc([N+](=O)[O-])ccc2F)CC1. The van der Waals surface area contributed by atoms with Crippen molar-refractivity contribution in [3.05, 3.63) is 39.7 Å². The largest absolute Gasteiger partial charge is 0.347 e. The number of nitrogens with one attached hydrogen (secondary N) is 1. The van der Waals surface area contributed by atoms with Gasteiger partial charge in [0.25, 0.3) is 11.6 Å². The predicted octanol–water partition coefficient (Wildman–Crippen LogP) is 2.02. The van der Waals surface area contributed by atoms with Crippen LogP contribution in [0.4, 0.5) is 10.1 Å². The van der Waals surface area contributed by atoms with Crippen molar-refractivity contribution in [3.8, 4) is 0 Å². The fraction of sp³-hybridized carbons (Fsp3) is 0.364. The summed E-state index contributed by atoms with van der Waals surface area (Å²) in [6.07, 6.45) is 1.69. The number of non-ortho nitro benzene ring substituents is 1. The average molecular weight is 238 g/mol. The van der Waals surface area contributed by atoms with E-state index in [9.17, 15) is 19.3 Å². The fourth-order valence-corrected chi connectivity index (χ4v) is 1.45. The molecule has 17 heavy (non-hydrogen) atoms. The number of carbonyl (C=O) groups is 1. The standard InChI is InChI=1S/C11H11FN2O3/c1-11(4-5-11)13-10(15)8-6-7(14(16)17)2-3-9(8)12/h2-3,6H,4-5H2,1H3,(H,13,15). The molecule has 1 amide bonds. The topological polar surface area (TPSA) is 72.2 Å². The van der Waals surface area contributed by atoms with Crippen LogP contribution in [0.1, 0.15) is 30.1 Å². The third kappa shape index (κ3) is 2.41. The Morgan fingerprint density at radius 2 is 2.18 bits per heavy atom. The van der Waals surface area contributed by atoms with E-state index in [1.807, 2.05) is 6.92 Å². The molecule has 1 aliphatic rings. The molecule has 1 fully saturated rings. The van der Waals surface area contributed by atoms with Gasteiger partial charge >= 0.3 is 0 Å². The summed E-state index contributed by atoms with van der Waals surface area (Å²) in [5.41, 5.74) is -0.862. The molecule has 1 aliphatic carbocycles. The van der Waals surface area contributed by atoms with Gasteiger partial charge in [-0.2, -0.15) is 0 Å². The second-order valence-corrected chi connectivity index (χ2v) is 4.44. The number of nitro benzene ring substituents is 1. The van der Waals surface area contributed by atoms with Crippen LogP contribution in [0.15, 0.2) is 18.2 Å². The Balaban J connectivity index is 2.27. The Bertz CT molecular complexity index is 497. The van der Waals surface area contributed by atoms with Crippen LogP contribution in [0.5, 0.6) is 0 Å². The summed E-state index contributed by atoms with van der Waals surface area (Å²) in [4.78, 5) is 21.6. The Morgan fingerprint density at radius 3 is 2.71 bits per heavy atom. The highest BCUT2D eigenvalue weighted by atomic mass is 19.1. The van der Waals surface area contributed by atoms with Crippen molar-refractivity contribution >= 4 is 11.6 Å². The Labute approximate surface area is 96.8 Å². The highest BCUT2D eigenvalue weighted by molar-refractivity contribution is 5.95. The van der Waals surface area contributed by atoms with Gasteiger partial charge in [-0.3, -0.25) is 14.9 Å². The van der Waals surface area contributed by atoms with Crippen molar-refractivity contribution in [1.82, 2.24) is 5.32 Å². The smallest absolute Gasteiger partial charge is 0.270 e. The molecule has 1 aromatic carbocycles. The molecular formula is C11H11FN2O3. The number of rotatable bonds is 3. The summed E-state index contributed by atoms with van der Waals surface area (Å²) in [7, 11) is 0. The van der Waals surface area contributed by atoms with Crippen molar-refractivity contribution in [3.63, 3.8) is 0 Å². The van der Waals surface area contributed by atoms with Gasteiger partial charge in [0, 0.05) is 17.7 Å². The quantitative estimate of drug-likeness (QED) is 0.646. The van der Waals surface area contributed by atoms with E-state index in [0.717, 1.165) is 31.0 Å². The maximum absolute atomic E-state index is 13.4. The van der Waals surface area contributed by atoms with Crippen LogP contribution < -0.4 is 5.32 Å². The van der Waals surface area contributed by atoms with E-state index in [1.54, 1.807) is 0 Å². The number of hydrogen-bond acceptors (Lipinski definition) is 3. The lowest BCUT2D eigenvalue weighted by atomic mass is 10.1. The van der Waals surface area contributed by atoms with E-state index < -0.39 is 16.6 Å². The van der Waals surface area contributed by atoms with Gasteiger partial charge in [0.05, 0.1) is 10.5 Å². The molecule has 0 aromatic heterocycles. The second kappa shape index (κ2) is 3.80. The van der Waals surface area contributed by atoms with Crippen molar-refractivity contribution in [2.45, 2.75) is 25.3 Å². The molecule has 0 aliphatic heterocycles. The first-order valence-electron chi connectivity index (χ1n) is 5.18. The molecule has 1 N–H and O–H groups in total. The summed E-state index contributed by atoms with van der Waals surface area (Å²) in [6.45, 7) is 1.85. The molecule has 90 valence electrons. The number of nitrogens with zero attached hydrogens (tertiary/aromatic N) is 1. The van der Waals surface area contributed by atoms with E-state index in [1.165, 1.54) is 0 Å². The van der Waals surface area contributed by atoms with Crippen LogP contribution in [0, 0.1) is 15.9 Å². The van der Waals surface area contributed by atoms with Gasteiger partial charge in [0.15, 0.2) is 0 Å². The lowest BCUT2D eigenvalue weighted by Gasteiger charge is -2.11. The molecule has 0 spiro atoms. The molecular weight excluding hydrogens is 227 g/mol. The molecule has 0 heterocycles. The molecule has 1 aromatic rings. The van der Waals surface area contributed by atoms with Crippen LogP contribution in [-0.4, -0.2) is 16.4 Å².